The maximum absolute atomic E-state index is 10.0. The summed E-state index contributed by atoms with van der Waals surface area (Å²) in [6.45, 7) is 2.89. The van der Waals surface area contributed by atoms with Gasteiger partial charge >= 0.3 is 5.97 Å². The van der Waals surface area contributed by atoms with Gasteiger partial charge in [-0.3, -0.25) is 4.79 Å². The molecule has 0 amide bonds. The first-order valence-corrected chi connectivity index (χ1v) is 3.31. The average molecular weight is 141 g/mol. The van der Waals surface area contributed by atoms with E-state index in [0.717, 1.165) is 6.54 Å². The topological polar surface area (TPSA) is 49.3 Å². The summed E-state index contributed by atoms with van der Waals surface area (Å²) in [7, 11) is 0. The highest BCUT2D eigenvalue weighted by Gasteiger charge is 2.18. The second-order valence-corrected chi connectivity index (χ2v) is 2.54. The number of aliphatic carboxylic acids is 1. The third-order valence-electron chi connectivity index (χ3n) is 1.58. The molecule has 2 N–H and O–H groups in total. The Morgan fingerprint density at radius 1 is 1.90 bits per heavy atom. The van der Waals surface area contributed by atoms with Crippen LogP contribution in [0, 0.1) is 5.92 Å². The van der Waals surface area contributed by atoms with Crippen LogP contribution in [0.4, 0.5) is 0 Å². The van der Waals surface area contributed by atoms with Crippen molar-refractivity contribution in [1.29, 1.82) is 0 Å². The van der Waals surface area contributed by atoms with Crippen molar-refractivity contribution >= 4 is 5.97 Å². The van der Waals surface area contributed by atoms with Gasteiger partial charge in [-0.05, 0) is 6.92 Å². The lowest BCUT2D eigenvalue weighted by Gasteiger charge is -1.98. The van der Waals surface area contributed by atoms with Crippen molar-refractivity contribution in [3.8, 4) is 0 Å². The Morgan fingerprint density at radius 2 is 2.50 bits per heavy atom. The quantitative estimate of drug-likeness (QED) is 0.551. The molecule has 3 heteroatoms. The number of carbonyl (C=O) groups is 1. The molecule has 0 spiro atoms. The Balaban J connectivity index is 1.93. The van der Waals surface area contributed by atoms with E-state index in [9.17, 15) is 4.79 Å². The summed E-state index contributed by atoms with van der Waals surface area (Å²) in [6.07, 6.45) is 2.12. The van der Waals surface area contributed by atoms with Crippen molar-refractivity contribution in [2.24, 2.45) is 5.92 Å². The first kappa shape index (κ1) is 7.28. The Hall–Kier alpha value is -0.830. The molecule has 10 heavy (non-hydrogen) atoms. The largest absolute Gasteiger partial charge is 0.480 e. The minimum atomic E-state index is -0.793. The van der Waals surface area contributed by atoms with E-state index in [1.807, 2.05) is 6.92 Å². The van der Waals surface area contributed by atoms with Crippen molar-refractivity contribution in [3.63, 3.8) is 0 Å². The van der Waals surface area contributed by atoms with Crippen LogP contribution < -0.4 is 5.32 Å². The standard InChI is InChI=1S/C7H11NO2/c1-5-2-6(5)3-8-4-7(9)10/h2,6,8H,3-4H2,1H3,(H,9,10). The number of carboxylic acids is 1. The third kappa shape index (κ3) is 2.19. The van der Waals surface area contributed by atoms with Gasteiger partial charge in [0.25, 0.3) is 0 Å². The first-order valence-electron chi connectivity index (χ1n) is 3.31. The molecule has 0 aromatic heterocycles. The molecule has 56 valence electrons. The maximum atomic E-state index is 10.0. The highest BCUT2D eigenvalue weighted by molar-refractivity contribution is 5.69. The zero-order chi connectivity index (χ0) is 7.56. The van der Waals surface area contributed by atoms with Crippen LogP contribution in [0.25, 0.3) is 0 Å². The van der Waals surface area contributed by atoms with Gasteiger partial charge in [-0.2, -0.15) is 0 Å². The van der Waals surface area contributed by atoms with Crippen LogP contribution in [0.2, 0.25) is 0 Å². The molecular weight excluding hydrogens is 130 g/mol. The van der Waals surface area contributed by atoms with E-state index in [1.54, 1.807) is 0 Å². The molecule has 0 aromatic carbocycles. The summed E-state index contributed by atoms with van der Waals surface area (Å²) in [5.41, 5.74) is 1.36. The van der Waals surface area contributed by atoms with E-state index in [4.69, 9.17) is 5.11 Å². The van der Waals surface area contributed by atoms with Crippen LogP contribution in [0.3, 0.4) is 0 Å². The second kappa shape index (κ2) is 2.84. The monoisotopic (exact) mass is 141 g/mol. The number of rotatable bonds is 4. The van der Waals surface area contributed by atoms with Crippen molar-refractivity contribution in [2.45, 2.75) is 6.92 Å². The molecule has 1 atom stereocenters. The zero-order valence-electron chi connectivity index (χ0n) is 5.92. The fraction of sp³-hybridized carbons (Fsp3) is 0.571. The normalized spacial score (nSPS) is 22.1. The highest BCUT2D eigenvalue weighted by Crippen LogP contribution is 2.26. The summed E-state index contributed by atoms with van der Waals surface area (Å²) in [5.74, 6) is -0.266. The number of carboxylic acid groups (broad SMARTS) is 1. The molecule has 0 saturated carbocycles. The van der Waals surface area contributed by atoms with Gasteiger partial charge in [-0.1, -0.05) is 11.6 Å². The fourth-order valence-corrected chi connectivity index (χ4v) is 0.824. The Labute approximate surface area is 59.7 Å². The van der Waals surface area contributed by atoms with Crippen molar-refractivity contribution in [2.75, 3.05) is 13.1 Å². The average Bonchev–Trinajstić information content (AvgIpc) is 2.46. The van der Waals surface area contributed by atoms with Gasteiger partial charge in [0.1, 0.15) is 0 Å². The number of hydrogen-bond acceptors (Lipinski definition) is 2. The van der Waals surface area contributed by atoms with Gasteiger partial charge in [0.15, 0.2) is 0 Å². The van der Waals surface area contributed by atoms with Gasteiger partial charge in [-0.15, -0.1) is 0 Å². The van der Waals surface area contributed by atoms with E-state index in [1.165, 1.54) is 5.57 Å². The molecule has 1 unspecified atom stereocenters. The molecule has 0 aliphatic heterocycles. The number of hydrogen-bond donors (Lipinski definition) is 2. The molecule has 1 aliphatic carbocycles. The summed E-state index contributed by atoms with van der Waals surface area (Å²) < 4.78 is 0. The number of nitrogens with one attached hydrogen (secondary N) is 1. The summed E-state index contributed by atoms with van der Waals surface area (Å²) in [4.78, 5) is 10.0. The fourth-order valence-electron chi connectivity index (χ4n) is 0.824. The van der Waals surface area contributed by atoms with Crippen LogP contribution in [0.15, 0.2) is 11.6 Å². The third-order valence-corrected chi connectivity index (χ3v) is 1.58. The minimum Gasteiger partial charge on any atom is -0.480 e. The Kier molecular flexibility index (Phi) is 2.06. The van der Waals surface area contributed by atoms with E-state index in [-0.39, 0.29) is 6.54 Å². The maximum Gasteiger partial charge on any atom is 0.317 e. The summed E-state index contributed by atoms with van der Waals surface area (Å²) >= 11 is 0. The Bertz CT molecular complexity index is 174. The van der Waals surface area contributed by atoms with Crippen molar-refractivity contribution < 1.29 is 9.90 Å². The predicted octanol–water partition coefficient (Wildman–Crippen LogP) is 0.237. The molecule has 0 aromatic rings. The van der Waals surface area contributed by atoms with Gasteiger partial charge < -0.3 is 10.4 Å². The van der Waals surface area contributed by atoms with Crippen molar-refractivity contribution in [3.05, 3.63) is 11.6 Å². The van der Waals surface area contributed by atoms with Gasteiger partial charge in [-0.25, -0.2) is 0 Å². The molecule has 1 aliphatic rings. The van der Waals surface area contributed by atoms with Crippen molar-refractivity contribution in [1.82, 2.24) is 5.32 Å². The lowest BCUT2D eigenvalue weighted by atomic mass is 10.3. The molecule has 1 rings (SSSR count). The van der Waals surface area contributed by atoms with Crippen LogP contribution in [0.5, 0.6) is 0 Å². The van der Waals surface area contributed by atoms with Gasteiger partial charge in [0.05, 0.1) is 6.54 Å². The molecular formula is C7H11NO2. The molecule has 0 radical (unpaired) electrons. The second-order valence-electron chi connectivity index (χ2n) is 2.54. The molecule has 0 heterocycles. The molecule has 0 saturated heterocycles. The van der Waals surface area contributed by atoms with Crippen LogP contribution in [-0.2, 0) is 4.79 Å². The summed E-state index contributed by atoms with van der Waals surface area (Å²) in [6, 6.07) is 0. The first-order chi connectivity index (χ1) is 4.70. The smallest absolute Gasteiger partial charge is 0.317 e. The van der Waals surface area contributed by atoms with E-state index in [2.05, 4.69) is 11.4 Å². The molecule has 3 nitrogen and oxygen atoms in total. The minimum absolute atomic E-state index is 0.0671. The predicted molar refractivity (Wildman–Crippen MR) is 37.8 cm³/mol. The van der Waals surface area contributed by atoms with Gasteiger partial charge in [0.2, 0.25) is 0 Å². The van der Waals surface area contributed by atoms with E-state index >= 15 is 0 Å². The van der Waals surface area contributed by atoms with Crippen LogP contribution in [0.1, 0.15) is 6.92 Å². The molecule has 0 fully saturated rings. The van der Waals surface area contributed by atoms with Crippen LogP contribution >= 0.6 is 0 Å². The highest BCUT2D eigenvalue weighted by atomic mass is 16.4. The van der Waals surface area contributed by atoms with Gasteiger partial charge in [0, 0.05) is 12.5 Å². The van der Waals surface area contributed by atoms with E-state index < -0.39 is 5.97 Å². The lowest BCUT2D eigenvalue weighted by Crippen LogP contribution is -2.24. The Morgan fingerprint density at radius 3 is 2.90 bits per heavy atom. The van der Waals surface area contributed by atoms with Crippen LogP contribution in [-0.4, -0.2) is 24.2 Å². The lowest BCUT2D eigenvalue weighted by molar-refractivity contribution is -0.135. The zero-order valence-corrected chi connectivity index (χ0v) is 5.92. The molecule has 0 bridgehead atoms. The summed E-state index contributed by atoms with van der Waals surface area (Å²) in [5, 5.41) is 11.1. The SMILES string of the molecule is CC1=CC1CNCC(=O)O. The van der Waals surface area contributed by atoms with E-state index in [0.29, 0.717) is 5.92 Å².